The van der Waals surface area contributed by atoms with Crippen molar-refractivity contribution >= 4 is 27.5 Å². The minimum Gasteiger partial charge on any atom is -0.508 e. The topological polar surface area (TPSA) is 93.1 Å². The quantitative estimate of drug-likeness (QED) is 0.168. The molecule has 12 heteroatoms. The summed E-state index contributed by atoms with van der Waals surface area (Å²) in [5.74, 6) is -0.610. The SMILES string of the molecule is C=C/C=C(\C=C/C)COC1CC(N2CCOc3nc(-c4cc(O)cc5ccc(F)c(CC)c45)c(F)c4nc(OC)nc2c34)C1.CC.FC1CC2CCCN2C1. The van der Waals surface area contributed by atoms with Crippen LogP contribution in [0.3, 0.4) is 0 Å². The summed E-state index contributed by atoms with van der Waals surface area (Å²) in [4.78, 5) is 18.0. The summed E-state index contributed by atoms with van der Waals surface area (Å²) in [5.41, 5.74) is 1.56. The highest BCUT2D eigenvalue weighted by Crippen LogP contribution is 2.44. The summed E-state index contributed by atoms with van der Waals surface area (Å²) in [6, 6.07) is 6.52. The fourth-order valence-corrected chi connectivity index (χ4v) is 8.11. The number of ether oxygens (including phenoxy) is 3. The Morgan fingerprint density at radius 2 is 1.87 bits per heavy atom. The molecule has 2 aromatic heterocycles. The lowest BCUT2D eigenvalue weighted by molar-refractivity contribution is 0.00223. The highest BCUT2D eigenvalue weighted by molar-refractivity contribution is 6.03. The lowest BCUT2D eigenvalue weighted by Gasteiger charge is -2.43. The number of fused-ring (bicyclic) bond motifs is 2. The second kappa shape index (κ2) is 17.8. The average molecular weight is 760 g/mol. The first-order valence-corrected chi connectivity index (χ1v) is 19.5. The van der Waals surface area contributed by atoms with Crippen LogP contribution in [-0.2, 0) is 11.2 Å². The van der Waals surface area contributed by atoms with Crippen LogP contribution in [0.2, 0.25) is 0 Å². The largest absolute Gasteiger partial charge is 0.508 e. The minimum atomic E-state index is -0.741. The van der Waals surface area contributed by atoms with E-state index < -0.39 is 17.8 Å². The van der Waals surface area contributed by atoms with Crippen LogP contribution in [0.1, 0.15) is 65.4 Å². The molecule has 0 bridgehead atoms. The number of aryl methyl sites for hydroxylation is 1. The van der Waals surface area contributed by atoms with Crippen molar-refractivity contribution < 1.29 is 32.5 Å². The molecule has 1 N–H and O–H groups in total. The maximum atomic E-state index is 16.6. The number of methoxy groups -OCH3 is 1. The second-order valence-corrected chi connectivity index (χ2v) is 14.0. The molecule has 294 valence electrons. The van der Waals surface area contributed by atoms with Gasteiger partial charge in [0.15, 0.2) is 5.82 Å². The number of allylic oxidation sites excluding steroid dienone is 3. The number of anilines is 1. The van der Waals surface area contributed by atoms with Gasteiger partial charge in [-0.2, -0.15) is 9.97 Å². The van der Waals surface area contributed by atoms with Gasteiger partial charge >= 0.3 is 6.01 Å². The van der Waals surface area contributed by atoms with E-state index in [9.17, 15) is 13.9 Å². The zero-order valence-electron chi connectivity index (χ0n) is 32.5. The molecule has 1 saturated carbocycles. The third-order valence-electron chi connectivity index (χ3n) is 10.7. The Kier molecular flexibility index (Phi) is 13.0. The predicted molar refractivity (Wildman–Crippen MR) is 212 cm³/mol. The molecular formula is C43H52F3N5O4. The molecule has 2 aromatic carbocycles. The molecule has 3 aliphatic heterocycles. The number of halogens is 3. The molecule has 9 nitrogen and oxygen atoms in total. The number of hydrogen-bond acceptors (Lipinski definition) is 9. The van der Waals surface area contributed by atoms with E-state index in [4.69, 9.17) is 14.2 Å². The molecule has 55 heavy (non-hydrogen) atoms. The van der Waals surface area contributed by atoms with E-state index in [1.807, 2.05) is 45.9 Å². The number of hydrogen-bond donors (Lipinski definition) is 1. The Morgan fingerprint density at radius 1 is 1.07 bits per heavy atom. The average Bonchev–Trinajstić information content (AvgIpc) is 3.70. The molecular weight excluding hydrogens is 707 g/mol. The monoisotopic (exact) mass is 759 g/mol. The van der Waals surface area contributed by atoms with Gasteiger partial charge in [-0.15, -0.1) is 0 Å². The van der Waals surface area contributed by atoms with Gasteiger partial charge in [0.2, 0.25) is 5.88 Å². The Hall–Kier alpha value is -4.68. The number of alkyl halides is 1. The van der Waals surface area contributed by atoms with Crippen LogP contribution in [0.5, 0.6) is 17.6 Å². The lowest BCUT2D eigenvalue weighted by atomic mass is 9.87. The number of phenols is 1. The van der Waals surface area contributed by atoms with Crippen molar-refractivity contribution in [2.45, 2.75) is 90.6 Å². The molecule has 0 radical (unpaired) electrons. The molecule has 3 fully saturated rings. The lowest BCUT2D eigenvalue weighted by Crippen LogP contribution is -2.49. The van der Waals surface area contributed by atoms with E-state index >= 15 is 4.39 Å². The van der Waals surface area contributed by atoms with Crippen molar-refractivity contribution in [1.82, 2.24) is 19.9 Å². The fourth-order valence-electron chi connectivity index (χ4n) is 8.11. The van der Waals surface area contributed by atoms with Crippen LogP contribution in [0.4, 0.5) is 19.0 Å². The molecule has 4 aliphatic rings. The van der Waals surface area contributed by atoms with Gasteiger partial charge in [0.25, 0.3) is 0 Å². The van der Waals surface area contributed by atoms with Gasteiger partial charge in [0.1, 0.15) is 46.8 Å². The van der Waals surface area contributed by atoms with Crippen LogP contribution in [0.25, 0.3) is 32.9 Å². The summed E-state index contributed by atoms with van der Waals surface area (Å²) in [7, 11) is 1.43. The Labute approximate surface area is 321 Å². The summed E-state index contributed by atoms with van der Waals surface area (Å²) >= 11 is 0. The van der Waals surface area contributed by atoms with Crippen molar-refractivity contribution in [3.63, 3.8) is 0 Å². The third-order valence-corrected chi connectivity index (χ3v) is 10.7. The molecule has 2 saturated heterocycles. The van der Waals surface area contributed by atoms with E-state index in [1.165, 1.54) is 38.2 Å². The van der Waals surface area contributed by atoms with Crippen LogP contribution >= 0.6 is 0 Å². The number of benzene rings is 2. The number of phenolic OH excluding ortho intramolecular Hbond substituents is 1. The molecule has 2 unspecified atom stereocenters. The third kappa shape index (κ3) is 8.30. The molecule has 2 atom stereocenters. The highest BCUT2D eigenvalue weighted by Gasteiger charge is 2.39. The summed E-state index contributed by atoms with van der Waals surface area (Å²) in [6.07, 6.45) is 12.4. The first-order valence-electron chi connectivity index (χ1n) is 19.5. The molecule has 5 heterocycles. The first kappa shape index (κ1) is 40.0. The molecule has 4 aromatic rings. The van der Waals surface area contributed by atoms with Gasteiger partial charge in [0.05, 0.1) is 26.4 Å². The van der Waals surface area contributed by atoms with Crippen molar-refractivity contribution in [1.29, 1.82) is 0 Å². The Bertz CT molecular complexity index is 2060. The van der Waals surface area contributed by atoms with E-state index in [0.717, 1.165) is 31.4 Å². The van der Waals surface area contributed by atoms with E-state index in [0.29, 0.717) is 59.7 Å². The van der Waals surface area contributed by atoms with Crippen LogP contribution in [0.15, 0.2) is 60.7 Å². The Morgan fingerprint density at radius 3 is 2.58 bits per heavy atom. The number of rotatable bonds is 9. The van der Waals surface area contributed by atoms with E-state index in [-0.39, 0.29) is 53.2 Å². The predicted octanol–water partition coefficient (Wildman–Crippen LogP) is 9.05. The normalized spacial score (nSPS) is 22.0. The van der Waals surface area contributed by atoms with Crippen molar-refractivity contribution in [3.05, 3.63) is 77.9 Å². The fraction of sp³-hybridized carbons (Fsp3) is 0.465. The smallest absolute Gasteiger partial charge is 0.318 e. The van der Waals surface area contributed by atoms with Crippen LogP contribution < -0.4 is 14.4 Å². The summed E-state index contributed by atoms with van der Waals surface area (Å²) < 4.78 is 61.8. The van der Waals surface area contributed by atoms with Crippen molar-refractivity contribution in [2.24, 2.45) is 0 Å². The zero-order chi connectivity index (χ0) is 39.2. The number of nitrogens with zero attached hydrogens (tertiary/aromatic N) is 5. The van der Waals surface area contributed by atoms with Crippen LogP contribution in [0, 0.1) is 11.6 Å². The van der Waals surface area contributed by atoms with Gasteiger partial charge in [-0.05, 0) is 92.1 Å². The molecule has 8 rings (SSSR count). The summed E-state index contributed by atoms with van der Waals surface area (Å²) in [6.45, 7) is 14.7. The molecule has 0 amide bonds. The second-order valence-electron chi connectivity index (χ2n) is 14.0. The van der Waals surface area contributed by atoms with Crippen LogP contribution in [-0.4, -0.2) is 89.3 Å². The molecule has 1 aliphatic carbocycles. The maximum absolute atomic E-state index is 16.6. The minimum absolute atomic E-state index is 0.000129. The van der Waals surface area contributed by atoms with E-state index in [2.05, 4.69) is 31.3 Å². The number of aromatic nitrogens is 3. The summed E-state index contributed by atoms with van der Waals surface area (Å²) in [5, 5.41) is 11.9. The van der Waals surface area contributed by atoms with Gasteiger partial charge in [-0.3, -0.25) is 4.90 Å². The number of pyridine rings is 1. The van der Waals surface area contributed by atoms with Gasteiger partial charge in [-0.25, -0.2) is 18.2 Å². The van der Waals surface area contributed by atoms with E-state index in [1.54, 1.807) is 12.1 Å². The van der Waals surface area contributed by atoms with Crippen molar-refractivity contribution in [2.75, 3.05) is 44.9 Å². The standard InChI is InChI=1S/C34H34F2N4O4.C7H12FN.C2H6/c1-5-8-19(9-6-2)18-44-23-15-21(16-23)40-12-13-43-33-28-31(38-34(42-4)39-32(28)40)29(36)30(37-33)25-17-22(41)14-20-10-11-26(35)24(7-3)27(20)25;8-6-4-7-2-1-3-9(7)5-6;1-2/h5-6,8-11,14,17,21,23,41H,1,7,12-13,15-16,18H2,2-4H3;6-7H,1-5H2;1-2H3/b9-6-,19-8+;;. The maximum Gasteiger partial charge on any atom is 0.318 e. The van der Waals surface area contributed by atoms with Gasteiger partial charge in [-0.1, -0.05) is 57.7 Å². The van der Waals surface area contributed by atoms with Gasteiger partial charge < -0.3 is 24.2 Å². The Balaban J connectivity index is 0.000000402. The molecule has 0 spiro atoms. The zero-order valence-corrected chi connectivity index (χ0v) is 32.5. The number of aromatic hydroxyl groups is 1. The highest BCUT2D eigenvalue weighted by atomic mass is 19.1. The first-order chi connectivity index (χ1) is 26.7. The van der Waals surface area contributed by atoms with Crippen molar-refractivity contribution in [3.8, 4) is 28.9 Å². The van der Waals surface area contributed by atoms with Gasteiger partial charge in [0, 0.05) is 24.2 Å².